The molecule has 1 unspecified atom stereocenters. The van der Waals surface area contributed by atoms with Crippen LogP contribution in [0.2, 0.25) is 10.0 Å². The Morgan fingerprint density at radius 1 is 1.00 bits per heavy atom. The highest BCUT2D eigenvalue weighted by molar-refractivity contribution is 6.52. The number of halogens is 3. The van der Waals surface area contributed by atoms with Gasteiger partial charge in [-0.2, -0.15) is 0 Å². The van der Waals surface area contributed by atoms with Crippen LogP contribution in [0.5, 0.6) is 17.2 Å². The third-order valence-electron chi connectivity index (χ3n) is 5.53. The lowest BCUT2D eigenvalue weighted by atomic mass is 9.94. The van der Waals surface area contributed by atoms with E-state index in [0.29, 0.717) is 5.56 Å². The number of carbonyl (C=O) groups is 2. The summed E-state index contributed by atoms with van der Waals surface area (Å²) in [5, 5.41) is 21.4. The maximum atomic E-state index is 13.6. The number of phenols is 1. The predicted octanol–water partition coefficient (Wildman–Crippen LogP) is 5.48. The molecule has 0 bridgehead atoms. The molecule has 180 valence electrons. The molecule has 7 nitrogen and oxygen atoms in total. The van der Waals surface area contributed by atoms with E-state index in [1.54, 1.807) is 6.07 Å². The standard InChI is InChI=1S/C25H18Cl2FNO6/c1-34-23-16(11-17(26)24(35-2)19(23)27)21(31)18-20(12-4-3-5-15(30)10-12)29(25(33)22(18)32)14-8-6-13(28)7-9-14/h3-11,20,30-31H,1-2H3/b21-18+. The highest BCUT2D eigenvalue weighted by Gasteiger charge is 2.47. The molecule has 1 heterocycles. The normalized spacial score (nSPS) is 17.1. The van der Waals surface area contributed by atoms with Crippen molar-refractivity contribution < 1.29 is 33.7 Å². The smallest absolute Gasteiger partial charge is 0.300 e. The molecule has 0 radical (unpaired) electrons. The Balaban J connectivity index is 2.02. The number of hydrogen-bond acceptors (Lipinski definition) is 6. The maximum Gasteiger partial charge on any atom is 0.300 e. The number of ether oxygens (including phenoxy) is 2. The second-order valence-corrected chi connectivity index (χ2v) is 8.31. The molecule has 0 spiro atoms. The van der Waals surface area contributed by atoms with Gasteiger partial charge in [-0.05, 0) is 48.0 Å². The minimum Gasteiger partial charge on any atom is -0.508 e. The maximum absolute atomic E-state index is 13.6. The van der Waals surface area contributed by atoms with E-state index in [9.17, 15) is 24.2 Å². The van der Waals surface area contributed by atoms with Crippen LogP contribution < -0.4 is 14.4 Å². The monoisotopic (exact) mass is 517 g/mol. The van der Waals surface area contributed by atoms with Crippen LogP contribution in [0.15, 0.2) is 60.2 Å². The van der Waals surface area contributed by atoms with Gasteiger partial charge in [0.05, 0.1) is 36.4 Å². The van der Waals surface area contributed by atoms with Gasteiger partial charge in [-0.15, -0.1) is 0 Å². The zero-order valence-electron chi connectivity index (χ0n) is 18.4. The van der Waals surface area contributed by atoms with E-state index in [0.717, 1.165) is 17.0 Å². The summed E-state index contributed by atoms with van der Waals surface area (Å²) in [5.74, 6) is -3.18. The zero-order chi connectivity index (χ0) is 25.4. The molecule has 10 heteroatoms. The van der Waals surface area contributed by atoms with Crippen molar-refractivity contribution in [2.75, 3.05) is 19.1 Å². The summed E-state index contributed by atoms with van der Waals surface area (Å²) in [4.78, 5) is 27.5. The van der Waals surface area contributed by atoms with Crippen molar-refractivity contribution in [3.05, 3.63) is 87.2 Å². The van der Waals surface area contributed by atoms with E-state index in [1.165, 1.54) is 50.6 Å². The fourth-order valence-electron chi connectivity index (χ4n) is 4.00. The quantitative estimate of drug-likeness (QED) is 0.264. The molecule has 1 saturated heterocycles. The first-order valence-electron chi connectivity index (χ1n) is 10.2. The van der Waals surface area contributed by atoms with Gasteiger partial charge in [0.1, 0.15) is 22.3 Å². The third kappa shape index (κ3) is 4.15. The van der Waals surface area contributed by atoms with Gasteiger partial charge in [-0.3, -0.25) is 14.5 Å². The van der Waals surface area contributed by atoms with Crippen LogP contribution in [0.1, 0.15) is 17.2 Å². The van der Waals surface area contributed by atoms with Crippen LogP contribution >= 0.6 is 23.2 Å². The van der Waals surface area contributed by atoms with E-state index < -0.39 is 29.3 Å². The second-order valence-electron chi connectivity index (χ2n) is 7.53. The topological polar surface area (TPSA) is 96.3 Å². The Kier molecular flexibility index (Phi) is 6.60. The molecule has 3 aromatic rings. The number of nitrogens with zero attached hydrogens (tertiary/aromatic N) is 1. The number of rotatable bonds is 5. The number of aliphatic hydroxyl groups excluding tert-OH is 1. The summed E-state index contributed by atoms with van der Waals surface area (Å²) in [6, 6.07) is 10.9. The molecule has 0 aromatic heterocycles. The van der Waals surface area contributed by atoms with Crippen molar-refractivity contribution >= 4 is 46.3 Å². The lowest BCUT2D eigenvalue weighted by Gasteiger charge is -2.25. The summed E-state index contributed by atoms with van der Waals surface area (Å²) in [7, 11) is 2.65. The van der Waals surface area contributed by atoms with E-state index >= 15 is 0 Å². The van der Waals surface area contributed by atoms with Gasteiger partial charge >= 0.3 is 0 Å². The average molecular weight is 518 g/mol. The Hall–Kier alpha value is -3.75. The van der Waals surface area contributed by atoms with Crippen LogP contribution in [-0.4, -0.2) is 36.1 Å². The molecule has 1 amide bonds. The van der Waals surface area contributed by atoms with E-state index in [1.807, 2.05) is 0 Å². The first-order valence-corrected chi connectivity index (χ1v) is 10.9. The fourth-order valence-corrected chi connectivity index (χ4v) is 4.69. The number of methoxy groups -OCH3 is 2. The van der Waals surface area contributed by atoms with Crippen molar-refractivity contribution in [3.63, 3.8) is 0 Å². The number of carbonyl (C=O) groups excluding carboxylic acids is 2. The van der Waals surface area contributed by atoms with Crippen molar-refractivity contribution in [1.82, 2.24) is 0 Å². The highest BCUT2D eigenvalue weighted by atomic mass is 35.5. The number of aromatic hydroxyl groups is 1. The molecule has 0 aliphatic carbocycles. The molecule has 0 saturated carbocycles. The van der Waals surface area contributed by atoms with Crippen molar-refractivity contribution in [3.8, 4) is 17.2 Å². The number of phenolic OH excluding ortho intramolecular Hbond substituents is 1. The van der Waals surface area contributed by atoms with Crippen LogP contribution in [0.3, 0.4) is 0 Å². The van der Waals surface area contributed by atoms with Crippen molar-refractivity contribution in [1.29, 1.82) is 0 Å². The minimum atomic E-state index is -1.17. The molecule has 1 aliphatic rings. The molecule has 2 N–H and O–H groups in total. The Morgan fingerprint density at radius 2 is 1.66 bits per heavy atom. The molecular weight excluding hydrogens is 500 g/mol. The number of amides is 1. The van der Waals surface area contributed by atoms with Gasteiger partial charge in [0.2, 0.25) is 0 Å². The zero-order valence-corrected chi connectivity index (χ0v) is 19.9. The van der Waals surface area contributed by atoms with Gasteiger partial charge in [-0.25, -0.2) is 4.39 Å². The number of aliphatic hydroxyl groups is 1. The van der Waals surface area contributed by atoms with E-state index in [4.69, 9.17) is 32.7 Å². The number of anilines is 1. The van der Waals surface area contributed by atoms with Gasteiger partial charge in [0.15, 0.2) is 11.5 Å². The van der Waals surface area contributed by atoms with Gasteiger partial charge in [0, 0.05) is 5.69 Å². The van der Waals surface area contributed by atoms with Crippen LogP contribution in [0.25, 0.3) is 5.76 Å². The minimum absolute atomic E-state index is 0.0292. The molecular formula is C25H18Cl2FNO6. The summed E-state index contributed by atoms with van der Waals surface area (Å²) >= 11 is 12.6. The molecule has 1 atom stereocenters. The molecule has 35 heavy (non-hydrogen) atoms. The highest BCUT2D eigenvalue weighted by Crippen LogP contribution is 2.48. The lowest BCUT2D eigenvalue weighted by molar-refractivity contribution is -0.132. The number of ketones is 1. The van der Waals surface area contributed by atoms with Gasteiger partial charge < -0.3 is 19.7 Å². The first kappa shape index (κ1) is 24.4. The van der Waals surface area contributed by atoms with E-state index in [2.05, 4.69) is 0 Å². The summed E-state index contributed by atoms with van der Waals surface area (Å²) in [6.07, 6.45) is 0. The van der Waals surface area contributed by atoms with Gasteiger partial charge in [0.25, 0.3) is 11.7 Å². The largest absolute Gasteiger partial charge is 0.508 e. The SMILES string of the molecule is COc1c(Cl)cc(/C(O)=C2\C(=O)C(=O)N(c3ccc(F)cc3)C2c2cccc(O)c2)c(OC)c1Cl. The van der Waals surface area contributed by atoms with Crippen molar-refractivity contribution in [2.24, 2.45) is 0 Å². The van der Waals surface area contributed by atoms with Crippen LogP contribution in [0, 0.1) is 5.82 Å². The number of hydrogen-bond donors (Lipinski definition) is 2. The Morgan fingerprint density at radius 3 is 2.26 bits per heavy atom. The Labute approximate surface area is 209 Å². The summed E-state index contributed by atoms with van der Waals surface area (Å²) < 4.78 is 24.1. The predicted molar refractivity (Wildman–Crippen MR) is 129 cm³/mol. The summed E-state index contributed by atoms with van der Waals surface area (Å²) in [6.45, 7) is 0. The lowest BCUT2D eigenvalue weighted by Crippen LogP contribution is -2.29. The fraction of sp³-hybridized carbons (Fsp3) is 0.120. The molecule has 3 aromatic carbocycles. The van der Waals surface area contributed by atoms with Gasteiger partial charge in [-0.1, -0.05) is 35.3 Å². The second kappa shape index (κ2) is 9.48. The van der Waals surface area contributed by atoms with Crippen LogP contribution in [0.4, 0.5) is 10.1 Å². The summed E-state index contributed by atoms with van der Waals surface area (Å²) in [5.41, 5.74) is 0.171. The van der Waals surface area contributed by atoms with E-state index in [-0.39, 0.29) is 44.1 Å². The molecule has 4 rings (SSSR count). The average Bonchev–Trinajstić information content (AvgIpc) is 3.09. The Bertz CT molecular complexity index is 1370. The third-order valence-corrected chi connectivity index (χ3v) is 6.15. The number of Topliss-reactive ketones (excluding diaryl/α,β-unsaturated/α-hetero) is 1. The van der Waals surface area contributed by atoms with Crippen LogP contribution in [-0.2, 0) is 9.59 Å². The first-order chi connectivity index (χ1) is 16.7. The van der Waals surface area contributed by atoms with Crippen molar-refractivity contribution in [2.45, 2.75) is 6.04 Å². The molecule has 1 aliphatic heterocycles. The molecule has 1 fully saturated rings. The number of benzene rings is 3.